The molecule has 0 spiro atoms. The molecule has 4 rings (SSSR count). The maximum absolute atomic E-state index is 14.5. The Morgan fingerprint density at radius 2 is 2.07 bits per heavy atom. The fraction of sp³-hybridized carbons (Fsp3) is 0.273. The first-order valence-electron chi connectivity index (χ1n) is 9.40. The molecule has 1 unspecified atom stereocenters. The van der Waals surface area contributed by atoms with Gasteiger partial charge in [0.05, 0.1) is 16.1 Å². The highest BCUT2D eigenvalue weighted by Gasteiger charge is 2.35. The van der Waals surface area contributed by atoms with E-state index in [2.05, 4.69) is 26.7 Å². The van der Waals surface area contributed by atoms with E-state index in [-0.39, 0.29) is 22.2 Å². The van der Waals surface area contributed by atoms with Crippen LogP contribution in [-0.4, -0.2) is 47.7 Å². The number of fused-ring (bicyclic) bond motifs is 1. The summed E-state index contributed by atoms with van der Waals surface area (Å²) in [5.74, 6) is 6.12. The maximum atomic E-state index is 14.5. The number of aromatic nitrogens is 2. The fourth-order valence-electron chi connectivity index (χ4n) is 3.59. The van der Waals surface area contributed by atoms with Crippen molar-refractivity contribution >= 4 is 34.0 Å². The van der Waals surface area contributed by atoms with Gasteiger partial charge in [-0.1, -0.05) is 29.5 Å². The number of ether oxygens (including phenoxy) is 1. The Labute approximate surface area is 179 Å². The number of hydrogen-bond acceptors (Lipinski definition) is 6. The van der Waals surface area contributed by atoms with Crippen molar-refractivity contribution < 1.29 is 9.13 Å². The summed E-state index contributed by atoms with van der Waals surface area (Å²) < 4.78 is 20.1. The summed E-state index contributed by atoms with van der Waals surface area (Å²) in [7, 11) is 3.69. The van der Waals surface area contributed by atoms with Crippen LogP contribution in [0.4, 0.5) is 15.9 Å². The molecule has 4 N–H and O–H groups in total. The summed E-state index contributed by atoms with van der Waals surface area (Å²) in [5.41, 5.74) is 13.5. The van der Waals surface area contributed by atoms with Crippen LogP contribution in [0, 0.1) is 17.7 Å². The van der Waals surface area contributed by atoms with Crippen LogP contribution in [0.1, 0.15) is 12.0 Å². The van der Waals surface area contributed by atoms with Gasteiger partial charge in [-0.25, -0.2) is 14.4 Å². The Morgan fingerprint density at radius 3 is 2.77 bits per heavy atom. The Kier molecular flexibility index (Phi) is 5.24. The Bertz CT molecular complexity index is 1210. The minimum atomic E-state index is -0.597. The van der Waals surface area contributed by atoms with Crippen molar-refractivity contribution in [2.24, 2.45) is 0 Å². The normalized spacial score (nSPS) is 19.1. The standard InChI is InChI=1S/C22H21ClFN5O/c1-29-9-8-22(12-29,30-2)7-6-13-10-18-15(11-17(13)25)20(26)28-21(27-18)14-4-3-5-16(23)19(14)24/h3-5,10-11H,8-9,12,25H2,1-2H3,(H2,26,27,28). The number of nitrogens with two attached hydrogens (primary N) is 2. The van der Waals surface area contributed by atoms with E-state index in [0.717, 1.165) is 19.5 Å². The lowest BCUT2D eigenvalue weighted by atomic mass is 10.0. The number of rotatable bonds is 2. The molecule has 0 aliphatic carbocycles. The number of nitrogens with zero attached hydrogens (tertiary/aromatic N) is 3. The number of hydrogen-bond donors (Lipinski definition) is 2. The molecule has 0 radical (unpaired) electrons. The van der Waals surface area contributed by atoms with Crippen LogP contribution in [0.5, 0.6) is 0 Å². The molecule has 6 nitrogen and oxygen atoms in total. The van der Waals surface area contributed by atoms with Gasteiger partial charge in [-0.15, -0.1) is 0 Å². The van der Waals surface area contributed by atoms with E-state index in [0.29, 0.717) is 22.2 Å². The molecular weight excluding hydrogens is 405 g/mol. The van der Waals surface area contributed by atoms with E-state index in [1.807, 2.05) is 7.05 Å². The highest BCUT2D eigenvalue weighted by atomic mass is 35.5. The van der Waals surface area contributed by atoms with E-state index in [4.69, 9.17) is 27.8 Å². The minimum Gasteiger partial charge on any atom is -0.398 e. The molecule has 1 aromatic heterocycles. The van der Waals surface area contributed by atoms with Crippen LogP contribution < -0.4 is 11.5 Å². The third-order valence-electron chi connectivity index (χ3n) is 5.33. The predicted molar refractivity (Wildman–Crippen MR) is 117 cm³/mol. The quantitative estimate of drug-likeness (QED) is 0.483. The molecule has 1 aliphatic rings. The molecule has 2 heterocycles. The molecule has 0 bridgehead atoms. The highest BCUT2D eigenvalue weighted by Crippen LogP contribution is 2.30. The largest absolute Gasteiger partial charge is 0.398 e. The average Bonchev–Trinajstić information content (AvgIpc) is 3.10. The van der Waals surface area contributed by atoms with Gasteiger partial charge in [0.1, 0.15) is 11.4 Å². The van der Waals surface area contributed by atoms with Crippen molar-refractivity contribution in [2.75, 3.05) is 38.7 Å². The van der Waals surface area contributed by atoms with Crippen LogP contribution in [0.15, 0.2) is 30.3 Å². The van der Waals surface area contributed by atoms with Crippen LogP contribution in [0.3, 0.4) is 0 Å². The van der Waals surface area contributed by atoms with Crippen molar-refractivity contribution in [1.82, 2.24) is 14.9 Å². The zero-order valence-electron chi connectivity index (χ0n) is 16.7. The van der Waals surface area contributed by atoms with Gasteiger partial charge in [-0.2, -0.15) is 0 Å². The second-order valence-corrected chi connectivity index (χ2v) is 7.83. The summed E-state index contributed by atoms with van der Waals surface area (Å²) in [6.45, 7) is 1.63. The maximum Gasteiger partial charge on any atom is 0.165 e. The van der Waals surface area contributed by atoms with Crippen LogP contribution >= 0.6 is 11.6 Å². The lowest BCUT2D eigenvalue weighted by molar-refractivity contribution is 0.0509. The topological polar surface area (TPSA) is 90.3 Å². The van der Waals surface area contributed by atoms with E-state index in [1.165, 1.54) is 6.07 Å². The first kappa shape index (κ1) is 20.4. The molecule has 30 heavy (non-hydrogen) atoms. The molecule has 0 saturated carbocycles. The van der Waals surface area contributed by atoms with Crippen molar-refractivity contribution in [3.05, 3.63) is 46.7 Å². The zero-order valence-corrected chi connectivity index (χ0v) is 17.4. The molecule has 1 atom stereocenters. The number of likely N-dealkylation sites (tertiary alicyclic amines) is 1. The first-order chi connectivity index (χ1) is 14.3. The predicted octanol–water partition coefficient (Wildman–Crippen LogP) is 3.33. The van der Waals surface area contributed by atoms with Gasteiger partial charge >= 0.3 is 0 Å². The van der Waals surface area contributed by atoms with E-state index >= 15 is 0 Å². The van der Waals surface area contributed by atoms with Gasteiger partial charge in [0.2, 0.25) is 0 Å². The summed E-state index contributed by atoms with van der Waals surface area (Å²) in [6.07, 6.45) is 0.813. The number of anilines is 2. The SMILES string of the molecule is COC1(C#Cc2cc3nc(-c4cccc(Cl)c4F)nc(N)c3cc2N)CCN(C)C1. The van der Waals surface area contributed by atoms with Crippen molar-refractivity contribution in [2.45, 2.75) is 12.0 Å². The lowest BCUT2D eigenvalue weighted by Gasteiger charge is -2.20. The fourth-order valence-corrected chi connectivity index (χ4v) is 3.76. The number of nitrogen functional groups attached to an aromatic ring is 2. The van der Waals surface area contributed by atoms with Crippen molar-refractivity contribution in [3.8, 4) is 23.2 Å². The minimum absolute atomic E-state index is 0.00924. The third-order valence-corrected chi connectivity index (χ3v) is 5.62. The summed E-state index contributed by atoms with van der Waals surface area (Å²) >= 11 is 5.90. The van der Waals surface area contributed by atoms with Gasteiger partial charge in [0.15, 0.2) is 11.6 Å². The lowest BCUT2D eigenvalue weighted by Crippen LogP contribution is -2.32. The summed E-state index contributed by atoms with van der Waals surface area (Å²) in [6, 6.07) is 8.08. The molecule has 1 aliphatic heterocycles. The molecule has 0 amide bonds. The second-order valence-electron chi connectivity index (χ2n) is 7.43. The Hall–Kier alpha value is -2.92. The molecule has 8 heteroatoms. The molecule has 2 aromatic carbocycles. The van der Waals surface area contributed by atoms with Gasteiger partial charge < -0.3 is 21.1 Å². The van der Waals surface area contributed by atoms with Crippen LogP contribution in [0.2, 0.25) is 5.02 Å². The summed E-state index contributed by atoms with van der Waals surface area (Å²) in [4.78, 5) is 10.9. The number of likely N-dealkylation sites (N-methyl/N-ethyl adjacent to an activating group) is 1. The van der Waals surface area contributed by atoms with Gasteiger partial charge in [-0.05, 0) is 31.3 Å². The van der Waals surface area contributed by atoms with Crippen molar-refractivity contribution in [3.63, 3.8) is 0 Å². The third kappa shape index (κ3) is 3.65. The number of benzene rings is 2. The molecular formula is C22H21ClFN5O. The van der Waals surface area contributed by atoms with E-state index in [9.17, 15) is 4.39 Å². The summed E-state index contributed by atoms with van der Waals surface area (Å²) in [5, 5.41) is 0.566. The second kappa shape index (κ2) is 7.73. The molecule has 1 fully saturated rings. The number of halogens is 2. The van der Waals surface area contributed by atoms with Gasteiger partial charge in [0, 0.05) is 43.3 Å². The van der Waals surface area contributed by atoms with Gasteiger partial charge in [-0.3, -0.25) is 0 Å². The van der Waals surface area contributed by atoms with Gasteiger partial charge in [0.25, 0.3) is 0 Å². The van der Waals surface area contributed by atoms with E-state index in [1.54, 1.807) is 31.4 Å². The Morgan fingerprint density at radius 1 is 1.27 bits per heavy atom. The van der Waals surface area contributed by atoms with Crippen LogP contribution in [0.25, 0.3) is 22.3 Å². The average molecular weight is 426 g/mol. The molecule has 3 aromatic rings. The first-order valence-corrected chi connectivity index (χ1v) is 9.78. The zero-order chi connectivity index (χ0) is 21.5. The molecule has 154 valence electrons. The van der Waals surface area contributed by atoms with Crippen molar-refractivity contribution in [1.29, 1.82) is 0 Å². The Balaban J connectivity index is 1.81. The molecule has 1 saturated heterocycles. The monoisotopic (exact) mass is 425 g/mol. The number of methoxy groups -OCH3 is 1. The highest BCUT2D eigenvalue weighted by molar-refractivity contribution is 6.31. The van der Waals surface area contributed by atoms with E-state index < -0.39 is 11.4 Å². The smallest absolute Gasteiger partial charge is 0.165 e. The van der Waals surface area contributed by atoms with Crippen LogP contribution in [-0.2, 0) is 4.74 Å².